The molecule has 0 spiro atoms. The Morgan fingerprint density at radius 3 is 2.00 bits per heavy atom. The first-order chi connectivity index (χ1) is 16.2. The third-order valence-corrected chi connectivity index (χ3v) is 6.98. The number of benzene rings is 3. The van der Waals surface area contributed by atoms with Gasteiger partial charge in [-0.25, -0.2) is 4.98 Å². The molecule has 0 aliphatic carbocycles. The highest BCUT2D eigenvalue weighted by atomic mass is 32.1. The van der Waals surface area contributed by atoms with Crippen LogP contribution in [0.3, 0.4) is 0 Å². The Kier molecular flexibility index (Phi) is 5.81. The maximum absolute atomic E-state index is 13.4. The molecule has 5 rings (SSSR count). The van der Waals surface area contributed by atoms with E-state index in [0.717, 1.165) is 16.9 Å². The number of anilines is 3. The number of thiophene rings is 1. The van der Waals surface area contributed by atoms with Gasteiger partial charge in [0.15, 0.2) is 5.13 Å². The lowest BCUT2D eigenvalue weighted by Crippen LogP contribution is -2.09. The van der Waals surface area contributed by atoms with Gasteiger partial charge in [0.2, 0.25) is 5.78 Å². The lowest BCUT2D eigenvalue weighted by molar-refractivity contribution is 0.104. The molecule has 0 bridgehead atoms. The number of hydrogen-bond donors (Lipinski definition) is 0. The second-order valence-corrected chi connectivity index (χ2v) is 9.10. The molecule has 0 radical (unpaired) electrons. The van der Waals surface area contributed by atoms with Crippen LogP contribution >= 0.6 is 22.7 Å². The van der Waals surface area contributed by atoms with Crippen molar-refractivity contribution in [2.45, 2.75) is 0 Å². The van der Waals surface area contributed by atoms with Crippen LogP contribution < -0.4 is 4.90 Å². The van der Waals surface area contributed by atoms with E-state index in [0.29, 0.717) is 26.1 Å². The molecule has 5 aromatic rings. The second kappa shape index (κ2) is 9.21. The van der Waals surface area contributed by atoms with Crippen molar-refractivity contribution in [1.82, 2.24) is 4.98 Å². The van der Waals surface area contributed by atoms with Crippen molar-refractivity contribution in [2.75, 3.05) is 4.90 Å². The molecule has 0 aliphatic heterocycles. The van der Waals surface area contributed by atoms with Crippen LogP contribution in [-0.4, -0.2) is 10.8 Å². The largest absolute Gasteiger partial charge is 0.287 e. The van der Waals surface area contributed by atoms with Gasteiger partial charge in [0.25, 0.3) is 0 Å². The van der Waals surface area contributed by atoms with E-state index < -0.39 is 0 Å². The summed E-state index contributed by atoms with van der Waals surface area (Å²) in [5, 5.41) is 11.8. The highest BCUT2D eigenvalue weighted by molar-refractivity contribution is 7.19. The summed E-state index contributed by atoms with van der Waals surface area (Å²) < 4.78 is 0. The van der Waals surface area contributed by atoms with E-state index in [4.69, 9.17) is 4.98 Å². The molecule has 0 saturated carbocycles. The van der Waals surface area contributed by atoms with Gasteiger partial charge in [0.05, 0.1) is 22.2 Å². The molecule has 0 fully saturated rings. The molecule has 2 heterocycles. The maximum Gasteiger partial charge on any atom is 0.215 e. The van der Waals surface area contributed by atoms with E-state index in [-0.39, 0.29) is 5.78 Å². The van der Waals surface area contributed by atoms with E-state index in [2.05, 4.69) is 11.0 Å². The van der Waals surface area contributed by atoms with Gasteiger partial charge in [-0.1, -0.05) is 65.9 Å². The Morgan fingerprint density at radius 1 is 0.818 bits per heavy atom. The normalized spacial score (nSPS) is 10.5. The van der Waals surface area contributed by atoms with E-state index in [1.165, 1.54) is 22.7 Å². The first kappa shape index (κ1) is 20.8. The Balaban J connectivity index is 1.70. The van der Waals surface area contributed by atoms with Crippen molar-refractivity contribution >= 4 is 45.0 Å². The lowest BCUT2D eigenvalue weighted by Gasteiger charge is -2.22. The van der Waals surface area contributed by atoms with Crippen LogP contribution in [0.25, 0.3) is 11.3 Å². The molecule has 0 N–H and O–H groups in total. The number of nitriles is 1. The fraction of sp³-hybridized carbons (Fsp3) is 0. The van der Waals surface area contributed by atoms with E-state index in [1.54, 1.807) is 12.1 Å². The number of thiazole rings is 1. The fourth-order valence-electron chi connectivity index (χ4n) is 3.50. The standard InChI is InChI=1S/C27H17N3OS2/c28-18-19-13-15-20(16-14-19)24-26(25(31)23-12-7-17-32-23)33-27(29-24)30(21-8-3-1-4-9-21)22-10-5-2-6-11-22/h1-17H. The van der Waals surface area contributed by atoms with Gasteiger partial charge in [0, 0.05) is 16.9 Å². The lowest BCUT2D eigenvalue weighted by atomic mass is 10.1. The van der Waals surface area contributed by atoms with E-state index >= 15 is 0 Å². The van der Waals surface area contributed by atoms with Crippen molar-refractivity contribution < 1.29 is 4.79 Å². The van der Waals surface area contributed by atoms with Gasteiger partial charge < -0.3 is 0 Å². The summed E-state index contributed by atoms with van der Waals surface area (Å²) in [5.41, 5.74) is 3.90. The average molecular weight is 464 g/mol. The minimum absolute atomic E-state index is 0.0471. The summed E-state index contributed by atoms with van der Waals surface area (Å²) in [4.78, 5) is 21.7. The summed E-state index contributed by atoms with van der Waals surface area (Å²) in [6.07, 6.45) is 0. The van der Waals surface area contributed by atoms with Gasteiger partial charge in [-0.15, -0.1) is 11.3 Å². The third-order valence-electron chi connectivity index (χ3n) is 5.07. The number of para-hydroxylation sites is 2. The molecule has 0 saturated heterocycles. The van der Waals surface area contributed by atoms with E-state index in [9.17, 15) is 10.1 Å². The Bertz CT molecular complexity index is 1380. The first-order valence-electron chi connectivity index (χ1n) is 10.2. The molecule has 6 heteroatoms. The minimum Gasteiger partial charge on any atom is -0.287 e. The van der Waals surface area contributed by atoms with Crippen LogP contribution in [0, 0.1) is 11.3 Å². The van der Waals surface area contributed by atoms with Crippen LogP contribution in [0.4, 0.5) is 16.5 Å². The summed E-state index contributed by atoms with van der Waals surface area (Å²) in [6.45, 7) is 0. The second-order valence-electron chi connectivity index (χ2n) is 7.18. The van der Waals surface area contributed by atoms with Crippen LogP contribution in [0.2, 0.25) is 0 Å². The number of aromatic nitrogens is 1. The number of carbonyl (C=O) groups is 1. The summed E-state index contributed by atoms with van der Waals surface area (Å²) >= 11 is 2.79. The Morgan fingerprint density at radius 2 is 1.45 bits per heavy atom. The Labute approximate surface area is 199 Å². The monoisotopic (exact) mass is 463 g/mol. The zero-order chi connectivity index (χ0) is 22.6. The number of carbonyl (C=O) groups excluding carboxylic acids is 1. The molecule has 0 unspecified atom stereocenters. The molecule has 158 valence electrons. The summed E-state index contributed by atoms with van der Waals surface area (Å²) in [5.74, 6) is -0.0471. The van der Waals surface area contributed by atoms with Gasteiger partial charge in [-0.3, -0.25) is 9.69 Å². The number of hydrogen-bond acceptors (Lipinski definition) is 6. The highest BCUT2D eigenvalue weighted by Gasteiger charge is 2.25. The smallest absolute Gasteiger partial charge is 0.215 e. The molecular formula is C27H17N3OS2. The summed E-state index contributed by atoms with van der Waals surface area (Å²) in [6, 6.07) is 33.0. The quantitative estimate of drug-likeness (QED) is 0.246. The van der Waals surface area contributed by atoms with Crippen LogP contribution in [0.15, 0.2) is 102 Å². The minimum atomic E-state index is -0.0471. The van der Waals surface area contributed by atoms with Crippen molar-refractivity contribution in [3.05, 3.63) is 118 Å². The van der Waals surface area contributed by atoms with Crippen molar-refractivity contribution in [3.8, 4) is 17.3 Å². The van der Waals surface area contributed by atoms with Crippen molar-refractivity contribution in [2.24, 2.45) is 0 Å². The van der Waals surface area contributed by atoms with Crippen molar-refractivity contribution in [3.63, 3.8) is 0 Å². The molecule has 0 aliphatic rings. The predicted molar refractivity (Wildman–Crippen MR) is 135 cm³/mol. The SMILES string of the molecule is N#Cc1ccc(-c2nc(N(c3ccccc3)c3ccccc3)sc2C(=O)c2cccs2)cc1. The molecular weight excluding hydrogens is 446 g/mol. The third kappa shape index (κ3) is 4.20. The van der Waals surface area contributed by atoms with E-state index in [1.807, 2.05) is 90.3 Å². The zero-order valence-electron chi connectivity index (χ0n) is 17.4. The first-order valence-corrected chi connectivity index (χ1v) is 11.9. The van der Waals surface area contributed by atoms with Gasteiger partial charge in [-0.2, -0.15) is 5.26 Å². The van der Waals surface area contributed by atoms with Gasteiger partial charge >= 0.3 is 0 Å². The molecule has 2 aromatic heterocycles. The molecule has 4 nitrogen and oxygen atoms in total. The van der Waals surface area contributed by atoms with Crippen LogP contribution in [0.1, 0.15) is 20.1 Å². The molecule has 3 aromatic carbocycles. The number of ketones is 1. The zero-order valence-corrected chi connectivity index (χ0v) is 19.0. The predicted octanol–water partition coefficient (Wildman–Crippen LogP) is 7.44. The highest BCUT2D eigenvalue weighted by Crippen LogP contribution is 2.41. The maximum atomic E-state index is 13.4. The summed E-state index contributed by atoms with van der Waals surface area (Å²) in [7, 11) is 0. The number of nitrogens with zero attached hydrogens (tertiary/aromatic N) is 3. The van der Waals surface area contributed by atoms with Gasteiger partial charge in [0.1, 0.15) is 4.88 Å². The Hall–Kier alpha value is -4.05. The van der Waals surface area contributed by atoms with Gasteiger partial charge in [-0.05, 0) is 47.8 Å². The van der Waals surface area contributed by atoms with Crippen molar-refractivity contribution in [1.29, 1.82) is 5.26 Å². The average Bonchev–Trinajstić information content (AvgIpc) is 3.56. The number of rotatable bonds is 6. The molecule has 0 atom stereocenters. The van der Waals surface area contributed by atoms with Crippen LogP contribution in [-0.2, 0) is 0 Å². The topological polar surface area (TPSA) is 57.0 Å². The molecule has 0 amide bonds. The fourth-order valence-corrected chi connectivity index (χ4v) is 5.32. The molecule has 33 heavy (non-hydrogen) atoms. The van der Waals surface area contributed by atoms with Crippen LogP contribution in [0.5, 0.6) is 0 Å².